The third-order valence-electron chi connectivity index (χ3n) is 3.79. The molecule has 0 radical (unpaired) electrons. The molecule has 1 aromatic carbocycles. The summed E-state index contributed by atoms with van der Waals surface area (Å²) in [6.45, 7) is 6.91. The zero-order valence-electron chi connectivity index (χ0n) is 12.4. The summed E-state index contributed by atoms with van der Waals surface area (Å²) >= 11 is 0. The zero-order valence-corrected chi connectivity index (χ0v) is 13.2. The van der Waals surface area contributed by atoms with Crippen molar-refractivity contribution in [2.75, 3.05) is 26.2 Å². The maximum atomic E-state index is 3.45. The van der Waals surface area contributed by atoms with Crippen LogP contribution in [0.1, 0.15) is 31.7 Å². The summed E-state index contributed by atoms with van der Waals surface area (Å²) in [5.74, 6) is 0. The van der Waals surface area contributed by atoms with E-state index in [4.69, 9.17) is 0 Å². The molecule has 0 unspecified atom stereocenters. The second-order valence-electron chi connectivity index (χ2n) is 5.29. The van der Waals surface area contributed by atoms with Crippen LogP contribution in [-0.2, 0) is 0 Å². The van der Waals surface area contributed by atoms with Crippen molar-refractivity contribution in [3.8, 4) is 0 Å². The molecule has 1 fully saturated rings. The molecule has 2 nitrogen and oxygen atoms in total. The molecule has 1 aliphatic heterocycles. The first kappa shape index (κ1) is 17.2. The summed E-state index contributed by atoms with van der Waals surface area (Å²) < 4.78 is 0. The van der Waals surface area contributed by atoms with Gasteiger partial charge in [-0.3, -0.25) is 4.90 Å². The smallest absolute Gasteiger partial charge is 0.0169 e. The summed E-state index contributed by atoms with van der Waals surface area (Å²) in [7, 11) is 0. The Morgan fingerprint density at radius 1 is 1.20 bits per heavy atom. The molecular weight excluding hydrogens is 268 g/mol. The van der Waals surface area contributed by atoms with E-state index in [1.165, 1.54) is 44.5 Å². The van der Waals surface area contributed by atoms with E-state index in [1.807, 2.05) is 0 Å². The van der Waals surface area contributed by atoms with E-state index in [0.717, 1.165) is 12.6 Å². The molecule has 3 heteroatoms. The van der Waals surface area contributed by atoms with Crippen LogP contribution in [0.25, 0.3) is 6.08 Å². The predicted octanol–water partition coefficient (Wildman–Crippen LogP) is 3.59. The van der Waals surface area contributed by atoms with Gasteiger partial charge in [0, 0.05) is 12.6 Å². The van der Waals surface area contributed by atoms with Gasteiger partial charge in [0.1, 0.15) is 0 Å². The van der Waals surface area contributed by atoms with E-state index in [0.29, 0.717) is 0 Å². The first-order valence-corrected chi connectivity index (χ1v) is 7.56. The maximum absolute atomic E-state index is 3.45. The van der Waals surface area contributed by atoms with Crippen LogP contribution in [0.2, 0.25) is 0 Å². The lowest BCUT2D eigenvalue weighted by Crippen LogP contribution is -2.43. The molecule has 2 rings (SSSR count). The largest absolute Gasteiger partial charge is 0.317 e. The number of halogens is 1. The van der Waals surface area contributed by atoms with Crippen molar-refractivity contribution < 1.29 is 0 Å². The molecule has 0 saturated carbocycles. The molecule has 1 saturated heterocycles. The Balaban J connectivity index is 0.00000200. The molecule has 0 atom stereocenters. The lowest BCUT2D eigenvalue weighted by atomic mass is 10.0. The van der Waals surface area contributed by atoms with Gasteiger partial charge in [0.2, 0.25) is 0 Å². The Morgan fingerprint density at radius 2 is 1.90 bits per heavy atom. The molecule has 0 bridgehead atoms. The van der Waals surface area contributed by atoms with Crippen molar-refractivity contribution in [2.45, 2.75) is 32.2 Å². The van der Waals surface area contributed by atoms with E-state index in [2.05, 4.69) is 59.6 Å². The molecule has 0 amide bonds. The summed E-state index contributed by atoms with van der Waals surface area (Å²) in [6.07, 6.45) is 8.37. The first-order chi connectivity index (χ1) is 9.40. The van der Waals surface area contributed by atoms with Crippen molar-refractivity contribution in [1.29, 1.82) is 0 Å². The van der Waals surface area contributed by atoms with Gasteiger partial charge < -0.3 is 5.32 Å². The lowest BCUT2D eigenvalue weighted by molar-refractivity contribution is 0.179. The Labute approximate surface area is 129 Å². The number of hydrogen-bond acceptors (Lipinski definition) is 2. The van der Waals surface area contributed by atoms with Gasteiger partial charge in [0.05, 0.1) is 0 Å². The summed E-state index contributed by atoms with van der Waals surface area (Å²) in [6, 6.07) is 11.3. The molecule has 0 aliphatic carbocycles. The molecule has 1 N–H and O–H groups in total. The van der Waals surface area contributed by atoms with Gasteiger partial charge in [0.15, 0.2) is 0 Å². The highest BCUT2D eigenvalue weighted by Gasteiger charge is 2.18. The van der Waals surface area contributed by atoms with Crippen molar-refractivity contribution >= 4 is 18.5 Å². The third kappa shape index (κ3) is 5.66. The molecule has 112 valence electrons. The van der Waals surface area contributed by atoms with Gasteiger partial charge >= 0.3 is 0 Å². The third-order valence-corrected chi connectivity index (χ3v) is 3.79. The SMILES string of the molecule is CCCN(C/C=C/c1ccccc1)C1CCNCC1.Cl. The highest BCUT2D eigenvalue weighted by Crippen LogP contribution is 2.12. The van der Waals surface area contributed by atoms with Gasteiger partial charge in [-0.2, -0.15) is 0 Å². The second kappa shape index (κ2) is 9.98. The molecule has 1 aliphatic rings. The average Bonchev–Trinajstić information content (AvgIpc) is 2.48. The van der Waals surface area contributed by atoms with Crippen LogP contribution >= 0.6 is 12.4 Å². The Morgan fingerprint density at radius 3 is 2.55 bits per heavy atom. The van der Waals surface area contributed by atoms with E-state index in [1.54, 1.807) is 0 Å². The molecule has 1 aromatic rings. The summed E-state index contributed by atoms with van der Waals surface area (Å²) in [4.78, 5) is 2.64. The number of benzene rings is 1. The molecule has 1 heterocycles. The van der Waals surface area contributed by atoms with Crippen molar-refractivity contribution in [1.82, 2.24) is 10.2 Å². The Bertz CT molecular complexity index is 372. The molecule has 0 aromatic heterocycles. The fraction of sp³-hybridized carbons (Fsp3) is 0.529. The molecular formula is C17H27ClN2. The van der Waals surface area contributed by atoms with Crippen LogP contribution in [0.4, 0.5) is 0 Å². The zero-order chi connectivity index (χ0) is 13.3. The molecule has 20 heavy (non-hydrogen) atoms. The van der Waals surface area contributed by atoms with Crippen LogP contribution in [0.3, 0.4) is 0 Å². The highest BCUT2D eigenvalue weighted by molar-refractivity contribution is 5.85. The normalized spacial score (nSPS) is 16.5. The van der Waals surface area contributed by atoms with Gasteiger partial charge in [-0.05, 0) is 44.5 Å². The fourth-order valence-electron chi connectivity index (χ4n) is 2.77. The minimum atomic E-state index is 0. The number of rotatable bonds is 6. The minimum absolute atomic E-state index is 0. The van der Waals surface area contributed by atoms with Gasteiger partial charge in [0.25, 0.3) is 0 Å². The summed E-state index contributed by atoms with van der Waals surface area (Å²) in [5, 5.41) is 3.45. The van der Waals surface area contributed by atoms with Gasteiger partial charge in [-0.15, -0.1) is 12.4 Å². The number of nitrogens with zero attached hydrogens (tertiary/aromatic N) is 1. The number of nitrogens with one attached hydrogen (secondary N) is 1. The second-order valence-corrected chi connectivity index (χ2v) is 5.29. The Kier molecular flexibility index (Phi) is 8.59. The first-order valence-electron chi connectivity index (χ1n) is 7.56. The monoisotopic (exact) mass is 294 g/mol. The van der Waals surface area contributed by atoms with E-state index in [9.17, 15) is 0 Å². The van der Waals surface area contributed by atoms with Crippen molar-refractivity contribution in [2.24, 2.45) is 0 Å². The van der Waals surface area contributed by atoms with Crippen LogP contribution in [0, 0.1) is 0 Å². The number of piperidine rings is 1. The quantitative estimate of drug-likeness (QED) is 0.862. The van der Waals surface area contributed by atoms with E-state index < -0.39 is 0 Å². The van der Waals surface area contributed by atoms with E-state index >= 15 is 0 Å². The van der Waals surface area contributed by atoms with Crippen molar-refractivity contribution in [3.63, 3.8) is 0 Å². The molecule has 0 spiro atoms. The lowest BCUT2D eigenvalue weighted by Gasteiger charge is -2.33. The van der Waals surface area contributed by atoms with Crippen LogP contribution in [0.5, 0.6) is 0 Å². The van der Waals surface area contributed by atoms with Crippen LogP contribution < -0.4 is 5.32 Å². The minimum Gasteiger partial charge on any atom is -0.317 e. The average molecular weight is 295 g/mol. The van der Waals surface area contributed by atoms with Crippen LogP contribution in [-0.4, -0.2) is 37.1 Å². The maximum Gasteiger partial charge on any atom is 0.0169 e. The Hall–Kier alpha value is -0.830. The van der Waals surface area contributed by atoms with E-state index in [-0.39, 0.29) is 12.4 Å². The standard InChI is InChI=1S/C17H26N2.ClH/c1-2-14-19(17-10-12-18-13-11-17)15-6-9-16-7-4-3-5-8-16;/h3-9,17-18H,2,10-15H2,1H3;1H/b9-6+;. The van der Waals surface area contributed by atoms with Crippen molar-refractivity contribution in [3.05, 3.63) is 42.0 Å². The topological polar surface area (TPSA) is 15.3 Å². The summed E-state index contributed by atoms with van der Waals surface area (Å²) in [5.41, 5.74) is 1.30. The predicted molar refractivity (Wildman–Crippen MR) is 90.5 cm³/mol. The highest BCUT2D eigenvalue weighted by atomic mass is 35.5. The van der Waals surface area contributed by atoms with Gasteiger partial charge in [-0.25, -0.2) is 0 Å². The fourth-order valence-corrected chi connectivity index (χ4v) is 2.77. The van der Waals surface area contributed by atoms with Crippen LogP contribution in [0.15, 0.2) is 36.4 Å². The number of hydrogen-bond donors (Lipinski definition) is 1. The van der Waals surface area contributed by atoms with Gasteiger partial charge in [-0.1, -0.05) is 49.4 Å².